The Morgan fingerprint density at radius 3 is 2.47 bits per heavy atom. The average Bonchev–Trinajstić information content (AvgIpc) is 2.58. The van der Waals surface area contributed by atoms with Crippen LogP contribution >= 0.6 is 0 Å². The number of likely N-dealkylation sites (tertiary alicyclic amines) is 1. The molecule has 0 radical (unpaired) electrons. The molecule has 1 atom stereocenters. The first-order chi connectivity index (χ1) is 8.09. The number of imide groups is 1. The van der Waals surface area contributed by atoms with Crippen LogP contribution in [-0.4, -0.2) is 35.7 Å². The minimum absolute atomic E-state index is 0.0356. The van der Waals surface area contributed by atoms with Gasteiger partial charge in [0.1, 0.15) is 6.04 Å². The van der Waals surface area contributed by atoms with Crippen molar-refractivity contribution in [3.05, 3.63) is 35.9 Å². The number of nitrogens with zero attached hydrogens (tertiary/aromatic N) is 1. The number of benzene rings is 1. The monoisotopic (exact) mass is 232 g/mol. The summed E-state index contributed by atoms with van der Waals surface area (Å²) in [5.74, 6) is -0.973. The summed E-state index contributed by atoms with van der Waals surface area (Å²) < 4.78 is 0. The molecule has 2 rings (SSSR count). The molecule has 1 unspecified atom stereocenters. The Morgan fingerprint density at radius 1 is 1.29 bits per heavy atom. The van der Waals surface area contributed by atoms with E-state index >= 15 is 0 Å². The highest BCUT2D eigenvalue weighted by Crippen LogP contribution is 2.11. The molecule has 1 aromatic rings. The molecule has 88 valence electrons. The van der Waals surface area contributed by atoms with Crippen molar-refractivity contribution in [1.82, 2.24) is 10.2 Å². The Labute approximate surface area is 98.4 Å². The maximum Gasteiger partial charge on any atom is 0.252 e. The molecule has 0 aliphatic carbocycles. The second-order valence-corrected chi connectivity index (χ2v) is 3.89. The predicted molar refractivity (Wildman–Crippen MR) is 60.1 cm³/mol. The van der Waals surface area contributed by atoms with Crippen LogP contribution < -0.4 is 5.32 Å². The van der Waals surface area contributed by atoms with Gasteiger partial charge in [-0.1, -0.05) is 18.2 Å². The van der Waals surface area contributed by atoms with Crippen molar-refractivity contribution in [3.63, 3.8) is 0 Å². The molecule has 1 aliphatic rings. The van der Waals surface area contributed by atoms with E-state index < -0.39 is 6.04 Å². The summed E-state index contributed by atoms with van der Waals surface area (Å²) in [5, 5.41) is 2.55. The summed E-state index contributed by atoms with van der Waals surface area (Å²) >= 11 is 0. The van der Waals surface area contributed by atoms with Gasteiger partial charge in [0.2, 0.25) is 5.91 Å². The Morgan fingerprint density at radius 2 is 1.94 bits per heavy atom. The zero-order valence-electron chi connectivity index (χ0n) is 9.34. The van der Waals surface area contributed by atoms with Crippen LogP contribution in [0.4, 0.5) is 0 Å². The number of rotatable bonds is 2. The molecule has 0 bridgehead atoms. The van der Waals surface area contributed by atoms with Crippen molar-refractivity contribution in [2.75, 3.05) is 7.05 Å². The van der Waals surface area contributed by atoms with Gasteiger partial charge in [-0.25, -0.2) is 0 Å². The lowest BCUT2D eigenvalue weighted by Gasteiger charge is -2.10. The van der Waals surface area contributed by atoms with Gasteiger partial charge in [-0.3, -0.25) is 19.3 Å². The third-order valence-electron chi connectivity index (χ3n) is 2.72. The van der Waals surface area contributed by atoms with Crippen LogP contribution in [0.2, 0.25) is 0 Å². The minimum Gasteiger partial charge on any atom is -0.340 e. The Balaban J connectivity index is 2.06. The zero-order chi connectivity index (χ0) is 12.4. The molecule has 3 amide bonds. The van der Waals surface area contributed by atoms with E-state index in [9.17, 15) is 14.4 Å². The molecule has 0 spiro atoms. The molecule has 0 aromatic heterocycles. The number of hydrogen-bond acceptors (Lipinski definition) is 3. The van der Waals surface area contributed by atoms with Crippen LogP contribution in [-0.2, 0) is 9.59 Å². The molecule has 1 heterocycles. The van der Waals surface area contributed by atoms with Crippen LogP contribution in [0.3, 0.4) is 0 Å². The number of hydrogen-bond donors (Lipinski definition) is 1. The molecule has 5 heteroatoms. The van der Waals surface area contributed by atoms with Crippen molar-refractivity contribution in [3.8, 4) is 0 Å². The molecular weight excluding hydrogens is 220 g/mol. The number of nitrogens with one attached hydrogen (secondary N) is 1. The van der Waals surface area contributed by atoms with Gasteiger partial charge in [-0.2, -0.15) is 0 Å². The van der Waals surface area contributed by atoms with Gasteiger partial charge in [-0.15, -0.1) is 0 Å². The maximum absolute atomic E-state index is 11.8. The molecule has 1 aliphatic heterocycles. The van der Waals surface area contributed by atoms with Crippen LogP contribution in [0.1, 0.15) is 16.8 Å². The molecule has 1 fully saturated rings. The first-order valence-corrected chi connectivity index (χ1v) is 5.26. The van der Waals surface area contributed by atoms with Crippen molar-refractivity contribution in [1.29, 1.82) is 0 Å². The van der Waals surface area contributed by atoms with Gasteiger partial charge in [0.15, 0.2) is 0 Å². The molecule has 1 saturated heterocycles. The molecule has 1 aromatic carbocycles. The van der Waals surface area contributed by atoms with Crippen molar-refractivity contribution >= 4 is 17.7 Å². The fourth-order valence-electron chi connectivity index (χ4n) is 1.70. The first-order valence-electron chi connectivity index (χ1n) is 5.26. The SMILES string of the molecule is CN1C(=O)CC(NC(=O)c2ccccc2)C1=O. The summed E-state index contributed by atoms with van der Waals surface area (Å²) in [4.78, 5) is 35.6. The van der Waals surface area contributed by atoms with Crippen LogP contribution in [0.25, 0.3) is 0 Å². The van der Waals surface area contributed by atoms with E-state index in [2.05, 4.69) is 5.32 Å². The summed E-state index contributed by atoms with van der Waals surface area (Å²) in [6.07, 6.45) is 0.0356. The summed E-state index contributed by atoms with van der Waals surface area (Å²) in [5.41, 5.74) is 0.474. The third-order valence-corrected chi connectivity index (χ3v) is 2.72. The fourth-order valence-corrected chi connectivity index (χ4v) is 1.70. The molecule has 17 heavy (non-hydrogen) atoms. The molecule has 1 N–H and O–H groups in total. The fraction of sp³-hybridized carbons (Fsp3) is 0.250. The van der Waals surface area contributed by atoms with Gasteiger partial charge in [0.25, 0.3) is 11.8 Å². The van der Waals surface area contributed by atoms with Crippen molar-refractivity contribution < 1.29 is 14.4 Å². The van der Waals surface area contributed by atoms with Gasteiger partial charge in [0.05, 0.1) is 6.42 Å². The lowest BCUT2D eigenvalue weighted by atomic mass is 10.2. The standard InChI is InChI=1S/C12H12N2O3/c1-14-10(15)7-9(12(14)17)13-11(16)8-5-3-2-4-6-8/h2-6,9H,7H2,1H3,(H,13,16). The van der Waals surface area contributed by atoms with E-state index in [1.807, 2.05) is 0 Å². The topological polar surface area (TPSA) is 66.5 Å². The van der Waals surface area contributed by atoms with E-state index in [1.54, 1.807) is 30.3 Å². The summed E-state index contributed by atoms with van der Waals surface area (Å²) in [6, 6.07) is 7.85. The number of carbonyl (C=O) groups is 3. The highest BCUT2D eigenvalue weighted by molar-refractivity contribution is 6.07. The Kier molecular flexibility index (Phi) is 2.91. The number of likely N-dealkylation sites (N-methyl/N-ethyl adjacent to an activating group) is 1. The molecular formula is C12H12N2O3. The Hall–Kier alpha value is -2.17. The molecule has 5 nitrogen and oxygen atoms in total. The van der Waals surface area contributed by atoms with Crippen LogP contribution in [0.15, 0.2) is 30.3 Å². The Bertz CT molecular complexity index is 470. The smallest absolute Gasteiger partial charge is 0.252 e. The quantitative estimate of drug-likeness (QED) is 0.739. The van der Waals surface area contributed by atoms with Crippen LogP contribution in [0, 0.1) is 0 Å². The first kappa shape index (κ1) is 11.3. The predicted octanol–water partition coefficient (Wildman–Crippen LogP) is 0.174. The maximum atomic E-state index is 11.8. The molecule has 0 saturated carbocycles. The lowest BCUT2D eigenvalue weighted by Crippen LogP contribution is -2.40. The lowest BCUT2D eigenvalue weighted by molar-refractivity contribution is -0.137. The zero-order valence-corrected chi connectivity index (χ0v) is 9.34. The minimum atomic E-state index is -0.736. The van der Waals surface area contributed by atoms with E-state index in [-0.39, 0.29) is 24.1 Å². The van der Waals surface area contributed by atoms with Crippen molar-refractivity contribution in [2.24, 2.45) is 0 Å². The van der Waals surface area contributed by atoms with E-state index in [1.165, 1.54) is 7.05 Å². The van der Waals surface area contributed by atoms with E-state index in [0.717, 1.165) is 4.90 Å². The normalized spacial score (nSPS) is 19.6. The highest BCUT2D eigenvalue weighted by atomic mass is 16.2. The van der Waals surface area contributed by atoms with Crippen molar-refractivity contribution in [2.45, 2.75) is 12.5 Å². The second-order valence-electron chi connectivity index (χ2n) is 3.89. The number of carbonyl (C=O) groups excluding carboxylic acids is 3. The van der Waals surface area contributed by atoms with E-state index in [0.29, 0.717) is 5.56 Å². The summed E-state index contributed by atoms with van der Waals surface area (Å²) in [7, 11) is 1.42. The largest absolute Gasteiger partial charge is 0.340 e. The van der Waals surface area contributed by atoms with Gasteiger partial charge in [0, 0.05) is 12.6 Å². The van der Waals surface area contributed by atoms with Crippen LogP contribution in [0.5, 0.6) is 0 Å². The highest BCUT2D eigenvalue weighted by Gasteiger charge is 2.36. The summed E-state index contributed by atoms with van der Waals surface area (Å²) in [6.45, 7) is 0. The van der Waals surface area contributed by atoms with E-state index in [4.69, 9.17) is 0 Å². The third kappa shape index (κ3) is 2.18. The van der Waals surface area contributed by atoms with Gasteiger partial charge < -0.3 is 5.32 Å². The second kappa shape index (κ2) is 4.37. The van der Waals surface area contributed by atoms with Gasteiger partial charge >= 0.3 is 0 Å². The van der Waals surface area contributed by atoms with Gasteiger partial charge in [-0.05, 0) is 12.1 Å². The number of amides is 3. The average molecular weight is 232 g/mol.